The van der Waals surface area contributed by atoms with E-state index in [1.165, 1.54) is 63.4 Å². The summed E-state index contributed by atoms with van der Waals surface area (Å²) in [7, 11) is 0. The molecule has 0 spiro atoms. The highest BCUT2D eigenvalue weighted by molar-refractivity contribution is 5.23. The van der Waals surface area contributed by atoms with Gasteiger partial charge in [0.15, 0.2) is 0 Å². The summed E-state index contributed by atoms with van der Waals surface area (Å²) in [5.74, 6) is 0. The molecule has 1 rings (SSSR count). The van der Waals surface area contributed by atoms with E-state index in [-0.39, 0.29) is 0 Å². The molecule has 0 aromatic carbocycles. The Hall–Kier alpha value is -0.780. The summed E-state index contributed by atoms with van der Waals surface area (Å²) in [5, 5.41) is 0. The van der Waals surface area contributed by atoms with Crippen molar-refractivity contribution in [3.05, 3.63) is 36.0 Å². The number of allylic oxidation sites excluding steroid dienone is 6. The third-order valence-corrected chi connectivity index (χ3v) is 3.09. The maximum atomic E-state index is 2.36. The van der Waals surface area contributed by atoms with Crippen LogP contribution in [0.4, 0.5) is 0 Å². The molecule has 0 heteroatoms. The molecule has 0 radical (unpaired) electrons. The first-order valence-corrected chi connectivity index (χ1v) is 6.95. The lowest BCUT2D eigenvalue weighted by atomic mass is 10.0. The van der Waals surface area contributed by atoms with Crippen LogP contribution in [0.15, 0.2) is 36.0 Å². The molecule has 0 heterocycles. The van der Waals surface area contributed by atoms with Gasteiger partial charge in [-0.15, -0.1) is 0 Å². The van der Waals surface area contributed by atoms with E-state index in [0.717, 1.165) is 0 Å². The Morgan fingerprint density at radius 2 is 1.75 bits per heavy atom. The molecule has 0 aromatic heterocycles. The molecule has 0 saturated carbocycles. The van der Waals surface area contributed by atoms with Crippen molar-refractivity contribution < 1.29 is 0 Å². The highest BCUT2D eigenvalue weighted by Gasteiger charge is 1.93. The van der Waals surface area contributed by atoms with Crippen molar-refractivity contribution in [2.75, 3.05) is 0 Å². The molecule has 0 unspecified atom stereocenters. The Morgan fingerprint density at radius 3 is 2.50 bits per heavy atom. The van der Waals surface area contributed by atoms with Crippen LogP contribution in [0.5, 0.6) is 0 Å². The van der Waals surface area contributed by atoms with Crippen molar-refractivity contribution in [3.8, 4) is 0 Å². The minimum atomic E-state index is 1.23. The van der Waals surface area contributed by atoms with Crippen molar-refractivity contribution in [1.82, 2.24) is 0 Å². The fourth-order valence-corrected chi connectivity index (χ4v) is 2.00. The zero-order valence-corrected chi connectivity index (χ0v) is 10.8. The molecule has 1 aliphatic rings. The van der Waals surface area contributed by atoms with E-state index in [4.69, 9.17) is 0 Å². The van der Waals surface area contributed by atoms with E-state index in [1.54, 1.807) is 0 Å². The van der Waals surface area contributed by atoms with E-state index in [0.29, 0.717) is 0 Å². The summed E-state index contributed by atoms with van der Waals surface area (Å²) in [5.41, 5.74) is 1.50. The topological polar surface area (TPSA) is 0 Å². The van der Waals surface area contributed by atoms with Gasteiger partial charge >= 0.3 is 0 Å². The predicted octanol–water partition coefficient (Wildman–Crippen LogP) is 5.57. The third-order valence-electron chi connectivity index (χ3n) is 3.09. The van der Waals surface area contributed by atoms with Crippen LogP contribution in [0, 0.1) is 0 Å². The molecule has 0 aliphatic heterocycles. The second kappa shape index (κ2) is 9.45. The second-order valence-electron chi connectivity index (χ2n) is 4.67. The Balaban J connectivity index is 2.51. The monoisotopic (exact) mass is 218 g/mol. The predicted molar refractivity (Wildman–Crippen MR) is 73.6 cm³/mol. The van der Waals surface area contributed by atoms with Gasteiger partial charge in [0.25, 0.3) is 0 Å². The van der Waals surface area contributed by atoms with Gasteiger partial charge in [-0.2, -0.15) is 0 Å². The summed E-state index contributed by atoms with van der Waals surface area (Å²) in [6.07, 6.45) is 23.4. The lowest BCUT2D eigenvalue weighted by Crippen LogP contribution is -1.82. The van der Waals surface area contributed by atoms with Gasteiger partial charge in [-0.1, -0.05) is 56.6 Å². The number of hydrogen-bond donors (Lipinski definition) is 0. The van der Waals surface area contributed by atoms with Gasteiger partial charge in [0.1, 0.15) is 0 Å². The molecular formula is C16H26. The molecule has 0 nitrogen and oxygen atoms in total. The standard InChI is InChI=1S/C16H26/c1-2-3-13-16-14-11-9-7-5-4-6-8-10-12-15-16/h9,11-12,14-15H,2-8,10,13H2,1H3. The number of rotatable bonds is 3. The van der Waals surface area contributed by atoms with E-state index in [2.05, 4.69) is 37.3 Å². The van der Waals surface area contributed by atoms with E-state index < -0.39 is 0 Å². The SMILES string of the molecule is CCCCC1=CC=CCCCCCCC=C1. The molecule has 0 aromatic rings. The van der Waals surface area contributed by atoms with Crippen molar-refractivity contribution in [2.24, 2.45) is 0 Å². The first-order chi connectivity index (χ1) is 7.93. The molecule has 0 bridgehead atoms. The minimum absolute atomic E-state index is 1.23. The zero-order valence-electron chi connectivity index (χ0n) is 10.8. The van der Waals surface area contributed by atoms with Crippen LogP contribution in [0.25, 0.3) is 0 Å². The summed E-state index contributed by atoms with van der Waals surface area (Å²) < 4.78 is 0. The van der Waals surface area contributed by atoms with Crippen LogP contribution in [0.1, 0.15) is 64.7 Å². The van der Waals surface area contributed by atoms with E-state index >= 15 is 0 Å². The Morgan fingerprint density at radius 1 is 1.00 bits per heavy atom. The fourth-order valence-electron chi connectivity index (χ4n) is 2.00. The highest BCUT2D eigenvalue weighted by Crippen LogP contribution is 2.13. The van der Waals surface area contributed by atoms with Gasteiger partial charge in [0.05, 0.1) is 0 Å². The normalized spacial score (nSPS) is 18.7. The maximum absolute atomic E-state index is 2.36. The molecule has 16 heavy (non-hydrogen) atoms. The van der Waals surface area contributed by atoms with Crippen LogP contribution >= 0.6 is 0 Å². The number of hydrogen-bond acceptors (Lipinski definition) is 0. The van der Waals surface area contributed by atoms with Crippen molar-refractivity contribution in [1.29, 1.82) is 0 Å². The number of unbranched alkanes of at least 4 members (excludes halogenated alkanes) is 1. The molecular weight excluding hydrogens is 192 g/mol. The average molecular weight is 218 g/mol. The quantitative estimate of drug-likeness (QED) is 0.581. The molecule has 0 saturated heterocycles. The van der Waals surface area contributed by atoms with Gasteiger partial charge in [0.2, 0.25) is 0 Å². The van der Waals surface area contributed by atoms with E-state index in [9.17, 15) is 0 Å². The van der Waals surface area contributed by atoms with Gasteiger partial charge in [-0.05, 0) is 44.1 Å². The van der Waals surface area contributed by atoms with Crippen LogP contribution in [0.2, 0.25) is 0 Å². The Labute approximate surface area is 101 Å². The van der Waals surface area contributed by atoms with Crippen LogP contribution < -0.4 is 0 Å². The summed E-state index contributed by atoms with van der Waals surface area (Å²) in [4.78, 5) is 0. The Bertz CT molecular complexity index is 243. The van der Waals surface area contributed by atoms with Crippen molar-refractivity contribution >= 4 is 0 Å². The molecule has 0 amide bonds. The van der Waals surface area contributed by atoms with E-state index in [1.807, 2.05) is 0 Å². The van der Waals surface area contributed by atoms with Gasteiger partial charge < -0.3 is 0 Å². The maximum Gasteiger partial charge on any atom is -0.0279 e. The highest BCUT2D eigenvalue weighted by atomic mass is 14.0. The molecule has 0 atom stereocenters. The van der Waals surface area contributed by atoms with Crippen LogP contribution in [-0.2, 0) is 0 Å². The largest absolute Gasteiger partial charge is 0.0845 e. The van der Waals surface area contributed by atoms with Crippen LogP contribution in [-0.4, -0.2) is 0 Å². The van der Waals surface area contributed by atoms with Crippen molar-refractivity contribution in [2.45, 2.75) is 64.7 Å². The lowest BCUT2D eigenvalue weighted by Gasteiger charge is -2.02. The van der Waals surface area contributed by atoms with Crippen LogP contribution in [0.3, 0.4) is 0 Å². The lowest BCUT2D eigenvalue weighted by molar-refractivity contribution is 0.652. The van der Waals surface area contributed by atoms with Gasteiger partial charge in [0, 0.05) is 0 Å². The second-order valence-corrected chi connectivity index (χ2v) is 4.67. The zero-order chi connectivity index (χ0) is 11.5. The van der Waals surface area contributed by atoms with Crippen molar-refractivity contribution in [3.63, 3.8) is 0 Å². The molecule has 0 fully saturated rings. The fraction of sp³-hybridized carbons (Fsp3) is 0.625. The smallest absolute Gasteiger partial charge is 0.0279 e. The minimum Gasteiger partial charge on any atom is -0.0845 e. The molecule has 90 valence electrons. The summed E-state index contributed by atoms with van der Waals surface area (Å²) in [6.45, 7) is 2.26. The summed E-state index contributed by atoms with van der Waals surface area (Å²) in [6, 6.07) is 0. The van der Waals surface area contributed by atoms with Gasteiger partial charge in [-0.25, -0.2) is 0 Å². The molecule has 1 aliphatic carbocycles. The molecule has 0 N–H and O–H groups in total. The summed E-state index contributed by atoms with van der Waals surface area (Å²) >= 11 is 0. The average Bonchev–Trinajstić information content (AvgIpc) is 2.28. The first-order valence-electron chi connectivity index (χ1n) is 6.95. The Kier molecular flexibility index (Phi) is 7.84. The van der Waals surface area contributed by atoms with Gasteiger partial charge in [-0.3, -0.25) is 0 Å². The first kappa shape index (κ1) is 13.3. The third kappa shape index (κ3) is 6.66.